The Morgan fingerprint density at radius 1 is 0.971 bits per heavy atom. The van der Waals surface area contributed by atoms with Crippen LogP contribution >= 0.6 is 0 Å². The summed E-state index contributed by atoms with van der Waals surface area (Å²) < 4.78 is 0. The molecule has 0 aromatic rings. The molecule has 4 nitrogen and oxygen atoms in total. The average Bonchev–Trinajstić information content (AvgIpc) is 3.53. The number of allylic oxidation sites excluding steroid dienone is 4. The van der Waals surface area contributed by atoms with Crippen LogP contribution in [-0.4, -0.2) is 17.1 Å². The van der Waals surface area contributed by atoms with E-state index in [2.05, 4.69) is 26.8 Å². The van der Waals surface area contributed by atoms with Crippen molar-refractivity contribution in [3.8, 4) is 6.07 Å². The van der Waals surface area contributed by atoms with Crippen LogP contribution in [0.5, 0.6) is 0 Å². The highest BCUT2D eigenvalue weighted by molar-refractivity contribution is 6.04. The maximum absolute atomic E-state index is 14.2. The van der Waals surface area contributed by atoms with Gasteiger partial charge in [0.15, 0.2) is 11.6 Å². The molecule has 7 atom stereocenters. The summed E-state index contributed by atoms with van der Waals surface area (Å²) in [6, 6.07) is 2.19. The van der Waals surface area contributed by atoms with Gasteiger partial charge in [0.2, 0.25) is 0 Å². The Balaban J connectivity index is 1.52. The fraction of sp³-hybridized carbons (Fsp3) is 0.767. The van der Waals surface area contributed by atoms with Crippen LogP contribution in [-0.2, 0) is 9.59 Å². The molecule has 0 saturated heterocycles. The Morgan fingerprint density at radius 3 is 2.26 bits per heavy atom. The predicted octanol–water partition coefficient (Wildman–Crippen LogP) is 5.67. The second-order valence-electron chi connectivity index (χ2n) is 14.3. The summed E-state index contributed by atoms with van der Waals surface area (Å²) in [6.45, 7) is 11.0. The topological polar surface area (TPSA) is 84.0 Å². The molecular weight excluding hydrogens is 420 g/mol. The smallest absolute Gasteiger partial charge is 0.178 e. The summed E-state index contributed by atoms with van der Waals surface area (Å²) in [5.41, 5.74) is 7.46. The van der Waals surface area contributed by atoms with Gasteiger partial charge in [0.1, 0.15) is 6.07 Å². The Kier molecular flexibility index (Phi) is 4.23. The standard InChI is InChI=1S/C30H40N2O2/c1-25(2)21-6-7-27(4)22(26(21,3)15-18(17-31)24(25)34)14-20(33)23-19-16-29(9-10-29)11-13-30(19,32)12-8-28(23,27)5/h14-15,19,21,23H,6-13,16,32H2,1-5H3/t19?,21-,23-,26-,27+,28+,30+/m0/s1. The Morgan fingerprint density at radius 2 is 1.62 bits per heavy atom. The van der Waals surface area contributed by atoms with Crippen LogP contribution in [0.3, 0.4) is 0 Å². The maximum Gasteiger partial charge on any atom is 0.178 e. The van der Waals surface area contributed by atoms with Crippen molar-refractivity contribution in [2.75, 3.05) is 0 Å². The highest BCUT2D eigenvalue weighted by atomic mass is 16.1. The van der Waals surface area contributed by atoms with E-state index in [9.17, 15) is 14.9 Å². The number of hydrogen-bond donors (Lipinski definition) is 1. The first kappa shape index (κ1) is 22.7. The molecule has 0 heterocycles. The number of carbonyl (C=O) groups excluding carboxylic acids is 2. The molecule has 0 aliphatic heterocycles. The van der Waals surface area contributed by atoms with Gasteiger partial charge >= 0.3 is 0 Å². The van der Waals surface area contributed by atoms with E-state index in [0.717, 1.165) is 38.5 Å². The molecule has 182 valence electrons. The molecule has 2 N–H and O–H groups in total. The molecule has 1 spiro atoms. The van der Waals surface area contributed by atoms with Crippen molar-refractivity contribution in [3.05, 3.63) is 23.3 Å². The zero-order valence-electron chi connectivity index (χ0n) is 21.6. The minimum absolute atomic E-state index is 0.0180. The average molecular weight is 461 g/mol. The SMILES string of the molecule is CC1(C)C(=O)C(C#N)=C[C@]2(C)C3=CC(=O)[C@@H]4C5CC6(CC6)CC[C@]5(N)CC[C@@]4(C)[C@]3(C)CC[C@@H]12. The number of nitrogens with zero attached hydrogens (tertiary/aromatic N) is 1. The molecule has 6 rings (SSSR count). The highest BCUT2D eigenvalue weighted by Crippen LogP contribution is 2.74. The fourth-order valence-electron chi connectivity index (χ4n) is 10.1. The van der Waals surface area contributed by atoms with E-state index < -0.39 is 10.8 Å². The van der Waals surface area contributed by atoms with Crippen LogP contribution in [0.25, 0.3) is 0 Å². The molecule has 0 radical (unpaired) electrons. The van der Waals surface area contributed by atoms with Gasteiger partial charge < -0.3 is 5.73 Å². The van der Waals surface area contributed by atoms with Gasteiger partial charge in [-0.1, -0.05) is 46.3 Å². The third kappa shape index (κ3) is 2.48. The van der Waals surface area contributed by atoms with E-state index >= 15 is 0 Å². The van der Waals surface area contributed by atoms with Crippen molar-refractivity contribution in [1.29, 1.82) is 5.26 Å². The van der Waals surface area contributed by atoms with E-state index in [0.29, 0.717) is 5.41 Å². The van der Waals surface area contributed by atoms with Crippen LogP contribution in [0.2, 0.25) is 0 Å². The number of ketones is 2. The predicted molar refractivity (Wildman–Crippen MR) is 131 cm³/mol. The third-order valence-electron chi connectivity index (χ3n) is 12.6. The maximum atomic E-state index is 14.2. The molecule has 4 fully saturated rings. The molecule has 4 heteroatoms. The lowest BCUT2D eigenvalue weighted by atomic mass is 9.35. The third-order valence-corrected chi connectivity index (χ3v) is 12.6. The van der Waals surface area contributed by atoms with Gasteiger partial charge in [0.25, 0.3) is 0 Å². The van der Waals surface area contributed by atoms with Crippen LogP contribution in [0.15, 0.2) is 23.3 Å². The van der Waals surface area contributed by atoms with Crippen LogP contribution in [0.1, 0.15) is 92.4 Å². The summed E-state index contributed by atoms with van der Waals surface area (Å²) in [4.78, 5) is 27.3. The molecule has 1 unspecified atom stereocenters. The minimum atomic E-state index is -0.613. The minimum Gasteiger partial charge on any atom is -0.325 e. The van der Waals surface area contributed by atoms with Crippen LogP contribution < -0.4 is 5.73 Å². The molecule has 0 aromatic carbocycles. The number of carbonyl (C=O) groups is 2. The monoisotopic (exact) mass is 460 g/mol. The highest BCUT2D eigenvalue weighted by Gasteiger charge is 2.70. The van der Waals surface area contributed by atoms with Gasteiger partial charge in [0, 0.05) is 22.3 Å². The lowest BCUT2D eigenvalue weighted by Crippen LogP contribution is -2.68. The number of fused-ring (bicyclic) bond motifs is 7. The van der Waals surface area contributed by atoms with Crippen molar-refractivity contribution < 1.29 is 9.59 Å². The molecular formula is C30H40N2O2. The number of nitrogens with two attached hydrogens (primary N) is 1. The molecule has 6 aliphatic rings. The number of rotatable bonds is 0. The molecule has 4 saturated carbocycles. The number of nitriles is 1. The Bertz CT molecular complexity index is 1120. The molecule has 0 amide bonds. The number of Topliss-reactive ketones (excluding diaryl/α,β-unsaturated/α-hetero) is 1. The lowest BCUT2D eigenvalue weighted by Gasteiger charge is -2.68. The summed E-state index contributed by atoms with van der Waals surface area (Å²) in [5.74, 6) is 0.560. The quantitative estimate of drug-likeness (QED) is 0.505. The second kappa shape index (κ2) is 6.33. The molecule has 0 bridgehead atoms. The van der Waals surface area contributed by atoms with Crippen molar-refractivity contribution in [2.24, 2.45) is 50.6 Å². The molecule has 34 heavy (non-hydrogen) atoms. The summed E-state index contributed by atoms with van der Waals surface area (Å²) in [6.07, 6.45) is 13.9. The van der Waals surface area contributed by atoms with Gasteiger partial charge in [-0.15, -0.1) is 0 Å². The Hall–Kier alpha value is -1.73. The first-order valence-electron chi connectivity index (χ1n) is 13.5. The van der Waals surface area contributed by atoms with Gasteiger partial charge in [-0.3, -0.25) is 9.59 Å². The van der Waals surface area contributed by atoms with Crippen molar-refractivity contribution in [1.82, 2.24) is 0 Å². The zero-order chi connectivity index (χ0) is 24.5. The van der Waals surface area contributed by atoms with Crippen molar-refractivity contribution >= 4 is 11.6 Å². The largest absolute Gasteiger partial charge is 0.325 e. The Labute approximate surface area is 204 Å². The van der Waals surface area contributed by atoms with E-state index in [1.54, 1.807) is 0 Å². The van der Waals surface area contributed by atoms with Gasteiger partial charge in [-0.05, 0) is 91.9 Å². The number of hydrogen-bond acceptors (Lipinski definition) is 4. The molecule has 6 aliphatic carbocycles. The summed E-state index contributed by atoms with van der Waals surface area (Å²) in [7, 11) is 0. The first-order chi connectivity index (χ1) is 15.8. The van der Waals surface area contributed by atoms with Gasteiger partial charge in [-0.25, -0.2) is 0 Å². The molecule has 0 aromatic heterocycles. The van der Waals surface area contributed by atoms with Gasteiger partial charge in [0.05, 0.1) is 5.57 Å². The summed E-state index contributed by atoms with van der Waals surface area (Å²) in [5, 5.41) is 9.82. The normalized spacial score (nSPS) is 50.1. The van der Waals surface area contributed by atoms with E-state index in [1.807, 2.05) is 26.0 Å². The van der Waals surface area contributed by atoms with Crippen LogP contribution in [0.4, 0.5) is 0 Å². The fourth-order valence-corrected chi connectivity index (χ4v) is 10.1. The van der Waals surface area contributed by atoms with E-state index in [4.69, 9.17) is 5.73 Å². The first-order valence-corrected chi connectivity index (χ1v) is 13.5. The van der Waals surface area contributed by atoms with E-state index in [-0.39, 0.29) is 51.3 Å². The zero-order valence-corrected chi connectivity index (χ0v) is 21.6. The van der Waals surface area contributed by atoms with Crippen molar-refractivity contribution in [3.63, 3.8) is 0 Å². The second-order valence-corrected chi connectivity index (χ2v) is 14.3. The lowest BCUT2D eigenvalue weighted by molar-refractivity contribution is -0.156. The van der Waals surface area contributed by atoms with Gasteiger partial charge in [-0.2, -0.15) is 5.26 Å². The van der Waals surface area contributed by atoms with Crippen molar-refractivity contribution in [2.45, 2.75) is 97.9 Å². The van der Waals surface area contributed by atoms with Crippen LogP contribution in [0, 0.1) is 56.2 Å². The van der Waals surface area contributed by atoms with E-state index in [1.165, 1.54) is 24.8 Å². The summed E-state index contributed by atoms with van der Waals surface area (Å²) >= 11 is 0.